The highest BCUT2D eigenvalue weighted by Gasteiger charge is 2.27. The standard InChI is InChI=1S/C14H16N2O3/c1-14(2,13(18)19)9-16-12(17)11-5-3-10(4-6-11)7-8-15/h3-6H,7,9H2,1-2H3,(H,16,17)(H,18,19). The minimum Gasteiger partial charge on any atom is -0.481 e. The van der Waals surface area contributed by atoms with Crippen molar-refractivity contribution in [3.05, 3.63) is 35.4 Å². The molecule has 1 rings (SSSR count). The van der Waals surface area contributed by atoms with Gasteiger partial charge < -0.3 is 10.4 Å². The van der Waals surface area contributed by atoms with Crippen molar-refractivity contribution in [2.45, 2.75) is 20.3 Å². The van der Waals surface area contributed by atoms with Crippen LogP contribution < -0.4 is 5.32 Å². The first-order valence-corrected chi connectivity index (χ1v) is 5.84. The van der Waals surface area contributed by atoms with Gasteiger partial charge in [0.05, 0.1) is 17.9 Å². The second kappa shape index (κ2) is 6.01. The topological polar surface area (TPSA) is 90.2 Å². The molecule has 0 spiro atoms. The lowest BCUT2D eigenvalue weighted by atomic mass is 9.94. The van der Waals surface area contributed by atoms with Crippen molar-refractivity contribution in [1.82, 2.24) is 5.32 Å². The smallest absolute Gasteiger partial charge is 0.310 e. The molecule has 0 aliphatic heterocycles. The van der Waals surface area contributed by atoms with Crippen LogP contribution in [0.1, 0.15) is 29.8 Å². The number of carbonyl (C=O) groups excluding carboxylic acids is 1. The molecule has 0 heterocycles. The maximum atomic E-state index is 11.8. The number of amides is 1. The third-order valence-electron chi connectivity index (χ3n) is 2.77. The van der Waals surface area contributed by atoms with Crippen LogP contribution in [0.4, 0.5) is 0 Å². The maximum absolute atomic E-state index is 11.8. The summed E-state index contributed by atoms with van der Waals surface area (Å²) < 4.78 is 0. The van der Waals surface area contributed by atoms with Crippen LogP contribution in [0.2, 0.25) is 0 Å². The molecule has 0 saturated heterocycles. The van der Waals surface area contributed by atoms with Crippen molar-refractivity contribution in [3.63, 3.8) is 0 Å². The Bertz CT molecular complexity index is 512. The number of carboxylic acid groups (broad SMARTS) is 1. The highest BCUT2D eigenvalue weighted by atomic mass is 16.4. The Balaban J connectivity index is 2.64. The Morgan fingerprint density at radius 3 is 2.37 bits per heavy atom. The number of nitrogens with zero attached hydrogens (tertiary/aromatic N) is 1. The van der Waals surface area contributed by atoms with Crippen LogP contribution in [0.3, 0.4) is 0 Å². The van der Waals surface area contributed by atoms with Gasteiger partial charge in [-0.3, -0.25) is 9.59 Å². The average Bonchev–Trinajstić information content (AvgIpc) is 2.37. The summed E-state index contributed by atoms with van der Waals surface area (Å²) in [5.41, 5.74) is 0.281. The van der Waals surface area contributed by atoms with Gasteiger partial charge in [0, 0.05) is 12.1 Å². The summed E-state index contributed by atoms with van der Waals surface area (Å²) in [6.07, 6.45) is 0.300. The van der Waals surface area contributed by atoms with Crippen LogP contribution >= 0.6 is 0 Å². The zero-order valence-electron chi connectivity index (χ0n) is 10.9. The van der Waals surface area contributed by atoms with E-state index in [1.165, 1.54) is 0 Å². The van der Waals surface area contributed by atoms with Gasteiger partial charge in [-0.2, -0.15) is 5.26 Å². The number of benzene rings is 1. The first kappa shape index (κ1) is 14.7. The molecule has 0 saturated carbocycles. The van der Waals surface area contributed by atoms with Crippen LogP contribution in [0.15, 0.2) is 24.3 Å². The van der Waals surface area contributed by atoms with Gasteiger partial charge in [0.1, 0.15) is 0 Å². The molecule has 100 valence electrons. The zero-order valence-corrected chi connectivity index (χ0v) is 10.9. The minimum absolute atomic E-state index is 0.0567. The number of hydrogen-bond acceptors (Lipinski definition) is 3. The Kier molecular flexibility index (Phi) is 4.65. The van der Waals surface area contributed by atoms with E-state index in [4.69, 9.17) is 10.4 Å². The molecule has 5 nitrogen and oxygen atoms in total. The number of nitriles is 1. The first-order chi connectivity index (χ1) is 8.86. The second-order valence-electron chi connectivity index (χ2n) is 4.90. The van der Waals surface area contributed by atoms with E-state index in [0.29, 0.717) is 12.0 Å². The highest BCUT2D eigenvalue weighted by molar-refractivity contribution is 5.94. The number of carboxylic acids is 1. The average molecular weight is 260 g/mol. The molecule has 0 fully saturated rings. The van der Waals surface area contributed by atoms with Crippen LogP contribution in [0.5, 0.6) is 0 Å². The molecule has 2 N–H and O–H groups in total. The lowest BCUT2D eigenvalue weighted by Gasteiger charge is -2.19. The van der Waals surface area contributed by atoms with Crippen LogP contribution in [0, 0.1) is 16.7 Å². The third kappa shape index (κ3) is 4.11. The highest BCUT2D eigenvalue weighted by Crippen LogP contribution is 2.13. The van der Waals surface area contributed by atoms with Crippen LogP contribution in [0.25, 0.3) is 0 Å². The minimum atomic E-state index is -1.00. The van der Waals surface area contributed by atoms with E-state index in [1.54, 1.807) is 38.1 Å². The van der Waals surface area contributed by atoms with Crippen molar-refractivity contribution >= 4 is 11.9 Å². The summed E-state index contributed by atoms with van der Waals surface area (Å²) in [5.74, 6) is -1.28. The number of aliphatic carboxylic acids is 1. The fourth-order valence-corrected chi connectivity index (χ4v) is 1.34. The summed E-state index contributed by atoms with van der Waals surface area (Å²) in [6.45, 7) is 3.15. The van der Waals surface area contributed by atoms with E-state index >= 15 is 0 Å². The van der Waals surface area contributed by atoms with Gasteiger partial charge in [-0.15, -0.1) is 0 Å². The van der Waals surface area contributed by atoms with Crippen LogP contribution in [-0.4, -0.2) is 23.5 Å². The molecule has 0 aliphatic carbocycles. The summed E-state index contributed by atoms with van der Waals surface area (Å²) in [7, 11) is 0. The molecule has 1 aromatic rings. The predicted molar refractivity (Wildman–Crippen MR) is 69.5 cm³/mol. The molecule has 0 radical (unpaired) electrons. The monoisotopic (exact) mass is 260 g/mol. The van der Waals surface area contributed by atoms with Crippen molar-refractivity contribution < 1.29 is 14.7 Å². The number of hydrogen-bond donors (Lipinski definition) is 2. The molecule has 0 unspecified atom stereocenters. The maximum Gasteiger partial charge on any atom is 0.310 e. The molecule has 0 aromatic heterocycles. The Hall–Kier alpha value is -2.35. The molecular formula is C14H16N2O3. The molecule has 0 aliphatic rings. The Labute approximate surface area is 111 Å². The van der Waals surface area contributed by atoms with Gasteiger partial charge in [0.15, 0.2) is 0 Å². The van der Waals surface area contributed by atoms with E-state index in [0.717, 1.165) is 5.56 Å². The normalized spacial score (nSPS) is 10.6. The van der Waals surface area contributed by atoms with Gasteiger partial charge in [-0.05, 0) is 31.5 Å². The first-order valence-electron chi connectivity index (χ1n) is 5.84. The zero-order chi connectivity index (χ0) is 14.5. The van der Waals surface area contributed by atoms with Gasteiger partial charge in [0.25, 0.3) is 5.91 Å². The molecule has 5 heteroatoms. The number of nitrogens with one attached hydrogen (secondary N) is 1. The third-order valence-corrected chi connectivity index (χ3v) is 2.77. The van der Waals surface area contributed by atoms with Gasteiger partial charge in [-0.1, -0.05) is 12.1 Å². The van der Waals surface area contributed by atoms with Crippen molar-refractivity contribution in [1.29, 1.82) is 5.26 Å². The van der Waals surface area contributed by atoms with E-state index in [2.05, 4.69) is 5.32 Å². The van der Waals surface area contributed by atoms with Crippen molar-refractivity contribution in [2.24, 2.45) is 5.41 Å². The fourth-order valence-electron chi connectivity index (χ4n) is 1.34. The SMILES string of the molecule is CC(C)(CNC(=O)c1ccc(CC#N)cc1)C(=O)O. The van der Waals surface area contributed by atoms with Gasteiger partial charge in [0.2, 0.25) is 0 Å². The lowest BCUT2D eigenvalue weighted by molar-refractivity contribution is -0.146. The second-order valence-corrected chi connectivity index (χ2v) is 4.90. The Morgan fingerprint density at radius 1 is 1.32 bits per heavy atom. The largest absolute Gasteiger partial charge is 0.481 e. The molecule has 1 aromatic carbocycles. The van der Waals surface area contributed by atoms with Gasteiger partial charge >= 0.3 is 5.97 Å². The molecule has 0 atom stereocenters. The Morgan fingerprint density at radius 2 is 1.89 bits per heavy atom. The summed E-state index contributed by atoms with van der Waals surface area (Å²) in [4.78, 5) is 22.7. The summed E-state index contributed by atoms with van der Waals surface area (Å²) >= 11 is 0. The van der Waals surface area contributed by atoms with Crippen LogP contribution in [-0.2, 0) is 11.2 Å². The number of rotatable bonds is 5. The van der Waals surface area contributed by atoms with E-state index < -0.39 is 11.4 Å². The van der Waals surface area contributed by atoms with Crippen molar-refractivity contribution in [2.75, 3.05) is 6.54 Å². The van der Waals surface area contributed by atoms with E-state index in [1.807, 2.05) is 6.07 Å². The van der Waals surface area contributed by atoms with E-state index in [-0.39, 0.29) is 12.5 Å². The lowest BCUT2D eigenvalue weighted by Crippen LogP contribution is -2.38. The number of carbonyl (C=O) groups is 2. The quantitative estimate of drug-likeness (QED) is 0.841. The molecular weight excluding hydrogens is 244 g/mol. The predicted octanol–water partition coefficient (Wildman–Crippen LogP) is 1.59. The van der Waals surface area contributed by atoms with Crippen molar-refractivity contribution in [3.8, 4) is 6.07 Å². The summed E-state index contributed by atoms with van der Waals surface area (Å²) in [5, 5.41) is 20.1. The molecule has 1 amide bonds. The molecule has 19 heavy (non-hydrogen) atoms. The van der Waals surface area contributed by atoms with E-state index in [9.17, 15) is 9.59 Å². The summed E-state index contributed by atoms with van der Waals surface area (Å²) in [6, 6.07) is 8.68. The fraction of sp³-hybridized carbons (Fsp3) is 0.357. The molecule has 0 bridgehead atoms. The van der Waals surface area contributed by atoms with Gasteiger partial charge in [-0.25, -0.2) is 0 Å².